The summed E-state index contributed by atoms with van der Waals surface area (Å²) in [5, 5.41) is 8.94. The summed E-state index contributed by atoms with van der Waals surface area (Å²) in [5.74, 6) is -0.153. The van der Waals surface area contributed by atoms with Crippen molar-refractivity contribution in [1.82, 2.24) is 4.98 Å². The van der Waals surface area contributed by atoms with E-state index in [0.29, 0.717) is 17.2 Å². The van der Waals surface area contributed by atoms with Crippen molar-refractivity contribution >= 4 is 28.1 Å². The van der Waals surface area contributed by atoms with Crippen molar-refractivity contribution in [2.75, 3.05) is 10.6 Å². The molecule has 0 unspecified atom stereocenters. The second kappa shape index (κ2) is 9.37. The first-order chi connectivity index (χ1) is 14.7. The van der Waals surface area contributed by atoms with E-state index in [9.17, 15) is 4.79 Å². The minimum Gasteiger partial charge on any atom is -0.381 e. The number of carbonyl (C=O) groups excluding carboxylic acids is 1. The summed E-state index contributed by atoms with van der Waals surface area (Å²) in [4.78, 5) is 17.3. The highest BCUT2D eigenvalue weighted by molar-refractivity contribution is 7.14. The zero-order chi connectivity index (χ0) is 20.8. The number of carbonyl (C=O) groups is 1. The molecule has 0 fully saturated rings. The van der Waals surface area contributed by atoms with Gasteiger partial charge in [0.2, 0.25) is 0 Å². The highest BCUT2D eigenvalue weighted by Gasteiger charge is 2.11. The summed E-state index contributed by atoms with van der Waals surface area (Å²) in [6, 6.07) is 25.9. The fourth-order valence-electron chi connectivity index (χ4n) is 3.26. The summed E-state index contributed by atoms with van der Waals surface area (Å²) in [7, 11) is 0. The van der Waals surface area contributed by atoms with E-state index in [4.69, 9.17) is 0 Å². The first kappa shape index (κ1) is 19.9. The molecule has 1 aromatic heterocycles. The first-order valence-electron chi connectivity index (χ1n) is 9.96. The summed E-state index contributed by atoms with van der Waals surface area (Å²) >= 11 is 1.43. The van der Waals surface area contributed by atoms with E-state index in [2.05, 4.69) is 40.7 Å². The van der Waals surface area contributed by atoms with Gasteiger partial charge in [0, 0.05) is 28.7 Å². The lowest BCUT2D eigenvalue weighted by molar-refractivity contribution is 0.102. The molecule has 1 amide bonds. The topological polar surface area (TPSA) is 54.0 Å². The molecule has 0 spiro atoms. The van der Waals surface area contributed by atoms with Crippen LogP contribution < -0.4 is 10.6 Å². The first-order valence-corrected chi connectivity index (χ1v) is 10.8. The van der Waals surface area contributed by atoms with Crippen LogP contribution in [0.5, 0.6) is 0 Å². The van der Waals surface area contributed by atoms with E-state index in [1.807, 2.05) is 66.0 Å². The SMILES string of the molecule is CCc1ccccc1NCc1cccc(C(=O)Nc2nc(-c3ccccc3)cs2)c1. The van der Waals surface area contributed by atoms with Gasteiger partial charge in [-0.15, -0.1) is 11.3 Å². The van der Waals surface area contributed by atoms with E-state index < -0.39 is 0 Å². The van der Waals surface area contributed by atoms with Gasteiger partial charge in [-0.25, -0.2) is 4.98 Å². The zero-order valence-electron chi connectivity index (χ0n) is 16.8. The molecule has 0 atom stereocenters. The average Bonchev–Trinajstić information content (AvgIpc) is 3.27. The summed E-state index contributed by atoms with van der Waals surface area (Å²) in [6.07, 6.45) is 0.977. The van der Waals surface area contributed by atoms with Crippen molar-refractivity contribution in [2.45, 2.75) is 19.9 Å². The van der Waals surface area contributed by atoms with Gasteiger partial charge in [-0.1, -0.05) is 67.6 Å². The number of amides is 1. The second-order valence-corrected chi connectivity index (χ2v) is 7.78. The summed E-state index contributed by atoms with van der Waals surface area (Å²) < 4.78 is 0. The van der Waals surface area contributed by atoms with Gasteiger partial charge in [-0.3, -0.25) is 10.1 Å². The smallest absolute Gasteiger partial charge is 0.257 e. The Hall–Kier alpha value is -3.44. The number of aromatic nitrogens is 1. The minimum absolute atomic E-state index is 0.153. The van der Waals surface area contributed by atoms with E-state index in [1.165, 1.54) is 16.9 Å². The Balaban J connectivity index is 1.42. The Bertz CT molecular complexity index is 1140. The van der Waals surface area contributed by atoms with Gasteiger partial charge in [-0.05, 0) is 35.7 Å². The number of para-hydroxylation sites is 1. The standard InChI is InChI=1S/C25H23N3OS/c1-2-19-10-6-7-14-22(19)26-16-18-9-8-13-21(15-18)24(29)28-25-27-23(17-30-25)20-11-4-3-5-12-20/h3-15,17,26H,2,16H2,1H3,(H,27,28,29). The molecule has 0 bridgehead atoms. The molecule has 150 valence electrons. The molecular formula is C25H23N3OS. The number of nitrogens with one attached hydrogen (secondary N) is 2. The Morgan fingerprint density at radius 3 is 2.60 bits per heavy atom. The lowest BCUT2D eigenvalue weighted by Crippen LogP contribution is -2.12. The molecule has 0 radical (unpaired) electrons. The highest BCUT2D eigenvalue weighted by Crippen LogP contribution is 2.25. The van der Waals surface area contributed by atoms with Crippen LogP contribution in [0.4, 0.5) is 10.8 Å². The number of rotatable bonds is 7. The molecule has 0 aliphatic carbocycles. The van der Waals surface area contributed by atoms with Crippen molar-refractivity contribution in [2.24, 2.45) is 0 Å². The number of hydrogen-bond acceptors (Lipinski definition) is 4. The van der Waals surface area contributed by atoms with Crippen LogP contribution in [0.2, 0.25) is 0 Å². The molecule has 5 heteroatoms. The van der Waals surface area contributed by atoms with Crippen LogP contribution in [0.3, 0.4) is 0 Å². The normalized spacial score (nSPS) is 10.6. The van der Waals surface area contributed by atoms with Crippen molar-refractivity contribution < 1.29 is 4.79 Å². The van der Waals surface area contributed by atoms with Crippen LogP contribution >= 0.6 is 11.3 Å². The third kappa shape index (κ3) is 4.75. The lowest BCUT2D eigenvalue weighted by atomic mass is 10.1. The maximum Gasteiger partial charge on any atom is 0.257 e. The third-order valence-electron chi connectivity index (χ3n) is 4.86. The highest BCUT2D eigenvalue weighted by atomic mass is 32.1. The molecule has 2 N–H and O–H groups in total. The molecule has 0 saturated carbocycles. The van der Waals surface area contributed by atoms with Crippen LogP contribution in [0.15, 0.2) is 84.2 Å². The molecule has 30 heavy (non-hydrogen) atoms. The quantitative estimate of drug-likeness (QED) is 0.377. The maximum absolute atomic E-state index is 12.7. The Morgan fingerprint density at radius 1 is 0.967 bits per heavy atom. The number of thiazole rings is 1. The summed E-state index contributed by atoms with van der Waals surface area (Å²) in [5.41, 5.74) is 5.99. The Morgan fingerprint density at radius 2 is 1.77 bits per heavy atom. The van der Waals surface area contributed by atoms with Gasteiger partial charge in [0.15, 0.2) is 5.13 Å². The summed E-state index contributed by atoms with van der Waals surface area (Å²) in [6.45, 7) is 2.81. The zero-order valence-corrected chi connectivity index (χ0v) is 17.6. The lowest BCUT2D eigenvalue weighted by Gasteiger charge is -2.11. The molecule has 4 nitrogen and oxygen atoms in total. The number of benzene rings is 3. The van der Waals surface area contributed by atoms with Crippen LogP contribution in [-0.4, -0.2) is 10.9 Å². The van der Waals surface area contributed by atoms with Crippen molar-refractivity contribution in [3.63, 3.8) is 0 Å². The number of anilines is 2. The second-order valence-electron chi connectivity index (χ2n) is 6.92. The van der Waals surface area contributed by atoms with E-state index in [1.54, 1.807) is 0 Å². The van der Waals surface area contributed by atoms with Gasteiger partial charge < -0.3 is 5.32 Å². The minimum atomic E-state index is -0.153. The molecule has 4 aromatic rings. The molecular weight excluding hydrogens is 390 g/mol. The number of hydrogen-bond donors (Lipinski definition) is 2. The fourth-order valence-corrected chi connectivity index (χ4v) is 3.98. The monoisotopic (exact) mass is 413 g/mol. The van der Waals surface area contributed by atoms with Gasteiger partial charge >= 0.3 is 0 Å². The average molecular weight is 414 g/mol. The van der Waals surface area contributed by atoms with Gasteiger partial charge in [0.1, 0.15) is 0 Å². The van der Waals surface area contributed by atoms with Crippen molar-refractivity contribution in [3.8, 4) is 11.3 Å². The van der Waals surface area contributed by atoms with Crippen LogP contribution in [0, 0.1) is 0 Å². The predicted octanol–water partition coefficient (Wildman–Crippen LogP) is 6.24. The fraction of sp³-hybridized carbons (Fsp3) is 0.120. The number of aryl methyl sites for hydroxylation is 1. The van der Waals surface area contributed by atoms with Gasteiger partial charge in [0.05, 0.1) is 5.69 Å². The molecule has 0 saturated heterocycles. The van der Waals surface area contributed by atoms with E-state index >= 15 is 0 Å². The van der Waals surface area contributed by atoms with Crippen LogP contribution in [0.25, 0.3) is 11.3 Å². The van der Waals surface area contributed by atoms with E-state index in [-0.39, 0.29) is 5.91 Å². The molecule has 1 heterocycles. The van der Waals surface area contributed by atoms with Gasteiger partial charge in [-0.2, -0.15) is 0 Å². The predicted molar refractivity (Wildman–Crippen MR) is 125 cm³/mol. The Kier molecular flexibility index (Phi) is 6.20. The maximum atomic E-state index is 12.7. The van der Waals surface area contributed by atoms with E-state index in [0.717, 1.165) is 28.9 Å². The largest absolute Gasteiger partial charge is 0.381 e. The molecule has 3 aromatic carbocycles. The van der Waals surface area contributed by atoms with Crippen LogP contribution in [0.1, 0.15) is 28.4 Å². The van der Waals surface area contributed by atoms with Crippen molar-refractivity contribution in [3.05, 3.63) is 101 Å². The molecule has 0 aliphatic heterocycles. The molecule has 0 aliphatic rings. The number of nitrogens with zero attached hydrogens (tertiary/aromatic N) is 1. The van der Waals surface area contributed by atoms with Crippen LogP contribution in [-0.2, 0) is 13.0 Å². The third-order valence-corrected chi connectivity index (χ3v) is 5.62. The Labute approximate surface area is 180 Å². The van der Waals surface area contributed by atoms with Crippen molar-refractivity contribution in [1.29, 1.82) is 0 Å². The van der Waals surface area contributed by atoms with Gasteiger partial charge in [0.25, 0.3) is 5.91 Å². The molecule has 4 rings (SSSR count).